The molecule has 184 valence electrons. The molecule has 0 radical (unpaired) electrons. The first-order chi connectivity index (χ1) is 15.4. The highest BCUT2D eigenvalue weighted by Gasteiger charge is 2.47. The number of aliphatic hydroxyl groups excluding tert-OH is 1. The van der Waals surface area contributed by atoms with Crippen molar-refractivity contribution in [3.05, 3.63) is 16.7 Å². The molecule has 3 heterocycles. The van der Waals surface area contributed by atoms with E-state index >= 15 is 0 Å². The van der Waals surface area contributed by atoms with E-state index in [4.69, 9.17) is 13.9 Å². The highest BCUT2D eigenvalue weighted by atomic mass is 28.4. The fourth-order valence-corrected chi connectivity index (χ4v) is 4.59. The normalized spacial score (nSPS) is 21.8. The summed E-state index contributed by atoms with van der Waals surface area (Å²) in [6, 6.07) is 0. The van der Waals surface area contributed by atoms with E-state index in [2.05, 4.69) is 54.1 Å². The standard InChI is InChI=1S/C21H35N5O6Si/c1-12(2)17(28)24-20-23-16-14(18(29)25-20)22-11-26(16)19-15(30-9-8-27)13(10-31-19)32-33(6,7)21(3,4)5/h11-13,15,19,27H,8-10H2,1-7H3,(H2,23,24,25,28,29)/t13?,15-,19+/m0/s1. The molecule has 0 aliphatic carbocycles. The van der Waals surface area contributed by atoms with Crippen LogP contribution in [-0.2, 0) is 18.7 Å². The molecule has 2 aromatic heterocycles. The number of hydrogen-bond acceptors (Lipinski definition) is 8. The molecule has 1 aliphatic rings. The maximum absolute atomic E-state index is 12.5. The van der Waals surface area contributed by atoms with Crippen molar-refractivity contribution in [2.45, 2.75) is 71.2 Å². The van der Waals surface area contributed by atoms with Gasteiger partial charge in [-0.05, 0) is 18.1 Å². The fourth-order valence-electron chi connectivity index (χ4n) is 3.27. The van der Waals surface area contributed by atoms with Crippen molar-refractivity contribution in [3.63, 3.8) is 0 Å². The van der Waals surface area contributed by atoms with Gasteiger partial charge in [0.05, 0.1) is 32.3 Å². The zero-order valence-electron chi connectivity index (χ0n) is 20.3. The van der Waals surface area contributed by atoms with Crippen molar-refractivity contribution in [3.8, 4) is 0 Å². The van der Waals surface area contributed by atoms with E-state index in [1.165, 1.54) is 6.33 Å². The number of anilines is 1. The van der Waals surface area contributed by atoms with Crippen LogP contribution < -0.4 is 10.9 Å². The second kappa shape index (κ2) is 9.62. The van der Waals surface area contributed by atoms with Gasteiger partial charge in [-0.15, -0.1) is 0 Å². The lowest BCUT2D eigenvalue weighted by Gasteiger charge is -2.39. The lowest BCUT2D eigenvalue weighted by atomic mass is 10.2. The Morgan fingerprint density at radius 2 is 2.12 bits per heavy atom. The van der Waals surface area contributed by atoms with E-state index in [9.17, 15) is 14.7 Å². The number of imidazole rings is 1. The SMILES string of the molecule is CC(C)C(=O)Nc1nc2c(ncn2[C@@H]2OCC(O[Si](C)(C)C(C)(C)C)[C@@H]2OCCO)c(=O)[nH]1. The quantitative estimate of drug-likeness (QED) is 0.486. The number of amides is 1. The van der Waals surface area contributed by atoms with Gasteiger partial charge >= 0.3 is 0 Å². The maximum Gasteiger partial charge on any atom is 0.280 e. The summed E-state index contributed by atoms with van der Waals surface area (Å²) in [5.41, 5.74) is -0.0955. The Labute approximate surface area is 194 Å². The molecule has 0 aromatic carbocycles. The molecule has 1 amide bonds. The van der Waals surface area contributed by atoms with Crippen LogP contribution in [0.15, 0.2) is 11.1 Å². The Morgan fingerprint density at radius 1 is 1.42 bits per heavy atom. The number of nitrogens with zero attached hydrogens (tertiary/aromatic N) is 3. The van der Waals surface area contributed by atoms with E-state index in [1.807, 2.05) is 0 Å². The van der Waals surface area contributed by atoms with Crippen LogP contribution in [0.4, 0.5) is 5.95 Å². The zero-order chi connectivity index (χ0) is 24.6. The van der Waals surface area contributed by atoms with Gasteiger partial charge in [0.2, 0.25) is 11.9 Å². The first-order valence-corrected chi connectivity index (χ1v) is 14.1. The van der Waals surface area contributed by atoms with Gasteiger partial charge in [0.25, 0.3) is 5.56 Å². The maximum atomic E-state index is 12.5. The number of aliphatic hydroxyl groups is 1. The van der Waals surface area contributed by atoms with Gasteiger partial charge in [-0.1, -0.05) is 34.6 Å². The summed E-state index contributed by atoms with van der Waals surface area (Å²) >= 11 is 0. The van der Waals surface area contributed by atoms with Crippen molar-refractivity contribution in [2.24, 2.45) is 5.92 Å². The van der Waals surface area contributed by atoms with Crippen molar-refractivity contribution in [1.29, 1.82) is 0 Å². The van der Waals surface area contributed by atoms with Gasteiger partial charge < -0.3 is 19.0 Å². The molecule has 0 saturated carbocycles. The molecule has 3 N–H and O–H groups in total. The molecule has 11 nitrogen and oxygen atoms in total. The molecule has 0 spiro atoms. The Hall–Kier alpha value is -2.12. The van der Waals surface area contributed by atoms with E-state index in [0.717, 1.165) is 0 Å². The monoisotopic (exact) mass is 481 g/mol. The number of carbonyl (C=O) groups excluding carboxylic acids is 1. The predicted molar refractivity (Wildman–Crippen MR) is 126 cm³/mol. The molecule has 12 heteroatoms. The lowest BCUT2D eigenvalue weighted by molar-refractivity contribution is -0.118. The van der Waals surface area contributed by atoms with Gasteiger partial charge in [-0.2, -0.15) is 4.98 Å². The molecule has 2 aromatic rings. The van der Waals surface area contributed by atoms with Crippen LogP contribution in [0.5, 0.6) is 0 Å². The Kier molecular flexibility index (Phi) is 7.44. The smallest absolute Gasteiger partial charge is 0.280 e. The fraction of sp³-hybridized carbons (Fsp3) is 0.714. The Balaban J connectivity index is 1.96. The molecule has 33 heavy (non-hydrogen) atoms. The van der Waals surface area contributed by atoms with Crippen molar-refractivity contribution in [2.75, 3.05) is 25.1 Å². The van der Waals surface area contributed by atoms with Crippen molar-refractivity contribution < 1.29 is 23.8 Å². The second-order valence-electron chi connectivity index (χ2n) is 10.1. The largest absolute Gasteiger partial charge is 0.409 e. The third kappa shape index (κ3) is 5.35. The minimum absolute atomic E-state index is 0.00725. The third-order valence-corrected chi connectivity index (χ3v) is 10.7. The van der Waals surface area contributed by atoms with E-state index in [-0.39, 0.29) is 59.9 Å². The summed E-state index contributed by atoms with van der Waals surface area (Å²) in [7, 11) is -2.13. The number of hydrogen-bond donors (Lipinski definition) is 3. The number of fused-ring (bicyclic) bond motifs is 1. The number of H-pyrrole nitrogens is 1. The summed E-state index contributed by atoms with van der Waals surface area (Å²) in [5, 5.41) is 12.0. The Morgan fingerprint density at radius 3 is 2.73 bits per heavy atom. The number of nitrogens with one attached hydrogen (secondary N) is 2. The minimum Gasteiger partial charge on any atom is -0.409 e. The molecule has 3 atom stereocenters. The first kappa shape index (κ1) is 25.5. The first-order valence-electron chi connectivity index (χ1n) is 11.2. The van der Waals surface area contributed by atoms with Crippen molar-refractivity contribution >= 4 is 31.3 Å². The van der Waals surface area contributed by atoms with Gasteiger partial charge in [0.1, 0.15) is 6.10 Å². The average Bonchev–Trinajstić information content (AvgIpc) is 3.29. The van der Waals surface area contributed by atoms with E-state index in [1.54, 1.807) is 18.4 Å². The molecular weight excluding hydrogens is 446 g/mol. The third-order valence-electron chi connectivity index (χ3n) is 6.20. The van der Waals surface area contributed by atoms with Gasteiger partial charge in [-0.3, -0.25) is 24.5 Å². The zero-order valence-corrected chi connectivity index (χ0v) is 21.3. The molecule has 1 fully saturated rings. The molecule has 1 unspecified atom stereocenters. The lowest BCUT2D eigenvalue weighted by Crippen LogP contribution is -2.48. The van der Waals surface area contributed by atoms with Crippen LogP contribution in [0.1, 0.15) is 40.8 Å². The summed E-state index contributed by atoms with van der Waals surface area (Å²) < 4.78 is 20.2. The number of aromatic amines is 1. The molecule has 0 bridgehead atoms. The summed E-state index contributed by atoms with van der Waals surface area (Å²) in [5.74, 6) is -0.515. The number of carbonyl (C=O) groups is 1. The van der Waals surface area contributed by atoms with Crippen LogP contribution in [0.3, 0.4) is 0 Å². The van der Waals surface area contributed by atoms with Crippen LogP contribution in [0.2, 0.25) is 18.1 Å². The van der Waals surface area contributed by atoms with Gasteiger partial charge in [0.15, 0.2) is 25.7 Å². The minimum atomic E-state index is -2.13. The van der Waals surface area contributed by atoms with E-state index in [0.29, 0.717) is 0 Å². The van der Waals surface area contributed by atoms with E-state index < -0.39 is 26.2 Å². The predicted octanol–water partition coefficient (Wildman–Crippen LogP) is 2.01. The number of aromatic nitrogens is 4. The van der Waals surface area contributed by atoms with Crippen molar-refractivity contribution in [1.82, 2.24) is 19.5 Å². The van der Waals surface area contributed by atoms with Crippen LogP contribution >= 0.6 is 0 Å². The van der Waals surface area contributed by atoms with Crippen LogP contribution in [0.25, 0.3) is 11.2 Å². The highest BCUT2D eigenvalue weighted by molar-refractivity contribution is 6.74. The summed E-state index contributed by atoms with van der Waals surface area (Å²) in [6.45, 7) is 14.5. The van der Waals surface area contributed by atoms with Crippen LogP contribution in [0, 0.1) is 5.92 Å². The average molecular weight is 482 g/mol. The van der Waals surface area contributed by atoms with Crippen LogP contribution in [-0.4, -0.2) is 70.9 Å². The number of ether oxygens (including phenoxy) is 2. The summed E-state index contributed by atoms with van der Waals surface area (Å²) in [4.78, 5) is 35.8. The topological polar surface area (TPSA) is 141 Å². The van der Waals surface area contributed by atoms with Gasteiger partial charge in [0, 0.05) is 5.92 Å². The molecular formula is C21H35N5O6Si. The number of rotatable bonds is 8. The highest BCUT2D eigenvalue weighted by Crippen LogP contribution is 2.40. The Bertz CT molecular complexity index is 1040. The van der Waals surface area contributed by atoms with Gasteiger partial charge in [-0.25, -0.2) is 4.98 Å². The second-order valence-corrected chi connectivity index (χ2v) is 14.8. The molecule has 1 saturated heterocycles. The molecule has 3 rings (SSSR count). The molecule has 1 aliphatic heterocycles. The summed E-state index contributed by atoms with van der Waals surface area (Å²) in [6.07, 6.45) is -0.102.